The fourth-order valence-electron chi connectivity index (χ4n) is 1.31. The highest BCUT2D eigenvalue weighted by molar-refractivity contribution is 6.03. The van der Waals surface area contributed by atoms with Gasteiger partial charge in [-0.15, -0.1) is 0 Å². The van der Waals surface area contributed by atoms with E-state index in [2.05, 4.69) is 15.3 Å². The summed E-state index contributed by atoms with van der Waals surface area (Å²) in [6.45, 7) is 1.88. The van der Waals surface area contributed by atoms with E-state index in [-0.39, 0.29) is 11.6 Å². The summed E-state index contributed by atoms with van der Waals surface area (Å²) in [6, 6.07) is 6.76. The molecule has 0 unspecified atom stereocenters. The summed E-state index contributed by atoms with van der Waals surface area (Å²) < 4.78 is 0. The molecule has 0 saturated carbocycles. The third-order valence-electron chi connectivity index (χ3n) is 2.19. The molecular formula is C12H12N4O. The molecule has 0 spiro atoms. The van der Waals surface area contributed by atoms with Crippen molar-refractivity contribution >= 4 is 17.3 Å². The maximum Gasteiger partial charge on any atom is 0.274 e. The minimum Gasteiger partial charge on any atom is -0.399 e. The van der Waals surface area contributed by atoms with Gasteiger partial charge in [0.15, 0.2) is 0 Å². The van der Waals surface area contributed by atoms with E-state index in [0.717, 1.165) is 5.69 Å². The lowest BCUT2D eigenvalue weighted by Gasteiger charge is -2.04. The molecule has 3 N–H and O–H groups in total. The van der Waals surface area contributed by atoms with Crippen molar-refractivity contribution in [2.45, 2.75) is 6.92 Å². The summed E-state index contributed by atoms with van der Waals surface area (Å²) >= 11 is 0. The van der Waals surface area contributed by atoms with Crippen molar-refractivity contribution in [3.8, 4) is 0 Å². The summed E-state index contributed by atoms with van der Waals surface area (Å²) in [7, 11) is 0. The second-order valence-corrected chi connectivity index (χ2v) is 3.62. The molecule has 2 rings (SSSR count). The second-order valence-electron chi connectivity index (χ2n) is 3.62. The van der Waals surface area contributed by atoms with Crippen LogP contribution in [0.5, 0.6) is 0 Å². The van der Waals surface area contributed by atoms with Crippen LogP contribution in [0.3, 0.4) is 0 Å². The van der Waals surface area contributed by atoms with E-state index >= 15 is 0 Å². The first-order valence-corrected chi connectivity index (χ1v) is 5.11. The van der Waals surface area contributed by atoms with Crippen LogP contribution in [0.2, 0.25) is 0 Å². The van der Waals surface area contributed by atoms with Crippen molar-refractivity contribution in [1.29, 1.82) is 0 Å². The Bertz CT molecular complexity index is 536. The van der Waals surface area contributed by atoms with Crippen molar-refractivity contribution in [2.75, 3.05) is 11.1 Å². The Balaban J connectivity index is 2.14. The van der Waals surface area contributed by atoms with Gasteiger partial charge in [-0.1, -0.05) is 0 Å². The summed E-state index contributed by atoms with van der Waals surface area (Å²) in [4.78, 5) is 19.8. The average molecular weight is 228 g/mol. The molecular weight excluding hydrogens is 216 g/mol. The molecule has 0 aromatic carbocycles. The Kier molecular flexibility index (Phi) is 3.00. The van der Waals surface area contributed by atoms with Gasteiger partial charge in [-0.3, -0.25) is 14.8 Å². The Morgan fingerprint density at radius 1 is 1.29 bits per heavy atom. The molecule has 17 heavy (non-hydrogen) atoms. The molecule has 0 aliphatic heterocycles. The highest BCUT2D eigenvalue weighted by Gasteiger charge is 2.07. The summed E-state index contributed by atoms with van der Waals surface area (Å²) in [5.41, 5.74) is 7.89. The molecule has 2 aromatic heterocycles. The van der Waals surface area contributed by atoms with Gasteiger partial charge in [0.1, 0.15) is 5.69 Å². The van der Waals surface area contributed by atoms with Gasteiger partial charge in [-0.25, -0.2) is 0 Å². The first-order valence-electron chi connectivity index (χ1n) is 5.11. The smallest absolute Gasteiger partial charge is 0.274 e. The van der Waals surface area contributed by atoms with Crippen LogP contribution in [0, 0.1) is 6.92 Å². The van der Waals surface area contributed by atoms with Crippen LogP contribution in [-0.4, -0.2) is 15.9 Å². The maximum absolute atomic E-state index is 11.8. The van der Waals surface area contributed by atoms with Gasteiger partial charge < -0.3 is 11.1 Å². The van der Waals surface area contributed by atoms with E-state index in [1.54, 1.807) is 18.3 Å². The molecule has 86 valence electrons. The number of nitrogens with zero attached hydrogens (tertiary/aromatic N) is 2. The number of hydrogen-bond acceptors (Lipinski definition) is 4. The van der Waals surface area contributed by atoms with E-state index in [0.29, 0.717) is 11.4 Å². The number of rotatable bonds is 2. The number of nitrogens with two attached hydrogens (primary N) is 1. The van der Waals surface area contributed by atoms with Gasteiger partial charge in [0, 0.05) is 17.6 Å². The summed E-state index contributed by atoms with van der Waals surface area (Å²) in [6.07, 6.45) is 3.09. The van der Waals surface area contributed by atoms with Gasteiger partial charge >= 0.3 is 0 Å². The molecule has 0 radical (unpaired) electrons. The molecule has 2 aromatic rings. The first-order chi connectivity index (χ1) is 8.15. The van der Waals surface area contributed by atoms with Gasteiger partial charge in [0.25, 0.3) is 5.91 Å². The molecule has 0 atom stereocenters. The summed E-state index contributed by atoms with van der Waals surface area (Å²) in [5, 5.41) is 2.69. The van der Waals surface area contributed by atoms with Crippen molar-refractivity contribution in [1.82, 2.24) is 9.97 Å². The van der Waals surface area contributed by atoms with Gasteiger partial charge in [0.2, 0.25) is 0 Å². The van der Waals surface area contributed by atoms with Gasteiger partial charge in [-0.05, 0) is 31.2 Å². The topological polar surface area (TPSA) is 80.9 Å². The van der Waals surface area contributed by atoms with Gasteiger partial charge in [-0.2, -0.15) is 0 Å². The van der Waals surface area contributed by atoms with Crippen LogP contribution < -0.4 is 11.1 Å². The number of carbonyl (C=O) groups is 1. The zero-order valence-electron chi connectivity index (χ0n) is 9.34. The Morgan fingerprint density at radius 2 is 2.12 bits per heavy atom. The Labute approximate surface area is 98.7 Å². The SMILES string of the molecule is Cc1ccc(NC(=O)c2cc(N)ccn2)cn1. The number of aryl methyl sites for hydroxylation is 1. The van der Waals surface area contributed by atoms with Crippen LogP contribution in [0.25, 0.3) is 0 Å². The quantitative estimate of drug-likeness (QED) is 0.818. The zero-order valence-corrected chi connectivity index (χ0v) is 9.34. The lowest BCUT2D eigenvalue weighted by atomic mass is 10.3. The van der Waals surface area contributed by atoms with Crippen LogP contribution >= 0.6 is 0 Å². The number of carbonyl (C=O) groups excluding carboxylic acids is 1. The van der Waals surface area contributed by atoms with Crippen molar-refractivity contribution in [3.63, 3.8) is 0 Å². The van der Waals surface area contributed by atoms with Crippen LogP contribution in [0.4, 0.5) is 11.4 Å². The number of nitrogens with one attached hydrogen (secondary N) is 1. The van der Waals surface area contributed by atoms with Crippen molar-refractivity contribution in [2.24, 2.45) is 0 Å². The minimum absolute atomic E-state index is 0.283. The highest BCUT2D eigenvalue weighted by Crippen LogP contribution is 2.09. The standard InChI is InChI=1S/C12H12N4O/c1-8-2-3-10(7-15-8)16-12(17)11-6-9(13)4-5-14-11/h2-7H,1H3,(H2,13,14)(H,16,17). The Morgan fingerprint density at radius 3 is 2.76 bits per heavy atom. The minimum atomic E-state index is -0.303. The summed E-state index contributed by atoms with van der Waals surface area (Å²) in [5.74, 6) is -0.303. The molecule has 0 saturated heterocycles. The van der Waals surface area contributed by atoms with Crippen molar-refractivity contribution in [3.05, 3.63) is 48.0 Å². The number of nitrogen functional groups attached to an aromatic ring is 1. The van der Waals surface area contributed by atoms with E-state index in [4.69, 9.17) is 5.73 Å². The molecule has 1 amide bonds. The van der Waals surface area contributed by atoms with E-state index < -0.39 is 0 Å². The molecule has 0 fully saturated rings. The normalized spacial score (nSPS) is 9.94. The van der Waals surface area contributed by atoms with Crippen molar-refractivity contribution < 1.29 is 4.79 Å². The number of anilines is 2. The van der Waals surface area contributed by atoms with Gasteiger partial charge in [0.05, 0.1) is 11.9 Å². The molecule has 0 aliphatic carbocycles. The second kappa shape index (κ2) is 4.61. The number of aromatic nitrogens is 2. The predicted octanol–water partition coefficient (Wildman–Crippen LogP) is 1.62. The fraction of sp³-hybridized carbons (Fsp3) is 0.0833. The Hall–Kier alpha value is -2.43. The zero-order chi connectivity index (χ0) is 12.3. The highest BCUT2D eigenvalue weighted by atomic mass is 16.1. The van der Waals surface area contributed by atoms with E-state index in [1.165, 1.54) is 12.3 Å². The molecule has 5 nitrogen and oxygen atoms in total. The molecule has 5 heteroatoms. The van der Waals surface area contributed by atoms with Crippen LogP contribution in [0.15, 0.2) is 36.7 Å². The fourth-order valence-corrected chi connectivity index (χ4v) is 1.31. The average Bonchev–Trinajstić information content (AvgIpc) is 2.32. The van der Waals surface area contributed by atoms with E-state index in [9.17, 15) is 4.79 Å². The molecule has 0 bridgehead atoms. The van der Waals surface area contributed by atoms with Crippen LogP contribution in [-0.2, 0) is 0 Å². The maximum atomic E-state index is 11.8. The number of pyridine rings is 2. The van der Waals surface area contributed by atoms with Crippen LogP contribution in [0.1, 0.15) is 16.2 Å². The monoisotopic (exact) mass is 228 g/mol. The number of hydrogen-bond donors (Lipinski definition) is 2. The largest absolute Gasteiger partial charge is 0.399 e. The first kappa shape index (κ1) is 11.1. The third kappa shape index (κ3) is 2.78. The molecule has 2 heterocycles. The lowest BCUT2D eigenvalue weighted by molar-refractivity contribution is 0.102. The molecule has 0 aliphatic rings. The lowest BCUT2D eigenvalue weighted by Crippen LogP contribution is -2.14. The number of amides is 1. The third-order valence-corrected chi connectivity index (χ3v) is 2.19. The predicted molar refractivity (Wildman–Crippen MR) is 65.6 cm³/mol. The van der Waals surface area contributed by atoms with E-state index in [1.807, 2.05) is 13.0 Å².